The van der Waals surface area contributed by atoms with Crippen LogP contribution in [-0.2, 0) is 4.79 Å². The minimum Gasteiger partial charge on any atom is -0.339 e. The maximum atomic E-state index is 13.6. The van der Waals surface area contributed by atoms with E-state index in [0.29, 0.717) is 5.02 Å². The molecule has 3 nitrogen and oxygen atoms in total. The molecule has 162 valence electrons. The van der Waals surface area contributed by atoms with Crippen LogP contribution in [-0.4, -0.2) is 18.1 Å². The molecule has 7 heteroatoms. The number of amides is 1. The summed E-state index contributed by atoms with van der Waals surface area (Å²) in [4.78, 5) is 12.6. The molecule has 0 aliphatic heterocycles. The van der Waals surface area contributed by atoms with E-state index < -0.39 is 30.1 Å². The van der Waals surface area contributed by atoms with Gasteiger partial charge in [0, 0.05) is 10.9 Å². The zero-order valence-electron chi connectivity index (χ0n) is 16.7. The van der Waals surface area contributed by atoms with E-state index in [4.69, 9.17) is 17.3 Å². The fourth-order valence-electron chi connectivity index (χ4n) is 3.29. The van der Waals surface area contributed by atoms with Gasteiger partial charge in [-0.2, -0.15) is 13.2 Å². The van der Waals surface area contributed by atoms with E-state index in [1.54, 1.807) is 6.92 Å². The quantitative estimate of drug-likeness (QED) is 0.498. The Morgan fingerprint density at radius 3 is 1.94 bits per heavy atom. The zero-order valence-corrected chi connectivity index (χ0v) is 17.5. The number of carbonyl (C=O) groups is 1. The van der Waals surface area contributed by atoms with Crippen molar-refractivity contribution in [1.29, 1.82) is 0 Å². The number of carbonyl (C=O) groups excluding carboxylic acids is 1. The summed E-state index contributed by atoms with van der Waals surface area (Å²) in [6, 6.07) is 19.1. The second-order valence-corrected chi connectivity index (χ2v) is 7.77. The topological polar surface area (TPSA) is 55.1 Å². The molecule has 0 aliphatic rings. The van der Waals surface area contributed by atoms with Crippen LogP contribution in [0.25, 0.3) is 11.1 Å². The van der Waals surface area contributed by atoms with Gasteiger partial charge in [0.2, 0.25) is 5.91 Å². The van der Waals surface area contributed by atoms with Crippen molar-refractivity contribution in [3.63, 3.8) is 0 Å². The molecule has 3 rings (SSSR count). The molecule has 0 aromatic heterocycles. The largest absolute Gasteiger partial charge is 0.412 e. The van der Waals surface area contributed by atoms with Crippen LogP contribution in [0.15, 0.2) is 78.9 Å². The Morgan fingerprint density at radius 1 is 0.871 bits per heavy atom. The van der Waals surface area contributed by atoms with Crippen LogP contribution in [0.3, 0.4) is 0 Å². The molecule has 3 N–H and O–H groups in total. The van der Waals surface area contributed by atoms with Crippen molar-refractivity contribution in [1.82, 2.24) is 5.32 Å². The van der Waals surface area contributed by atoms with Crippen LogP contribution in [0.2, 0.25) is 5.02 Å². The number of hydrogen-bond acceptors (Lipinski definition) is 2. The Kier molecular flexibility index (Phi) is 7.03. The van der Waals surface area contributed by atoms with Crippen molar-refractivity contribution in [2.75, 3.05) is 0 Å². The summed E-state index contributed by atoms with van der Waals surface area (Å²) in [6.45, 7) is 1.71. The Morgan fingerprint density at radius 2 is 1.39 bits per heavy atom. The third-order valence-corrected chi connectivity index (χ3v) is 5.45. The van der Waals surface area contributed by atoms with E-state index in [1.165, 1.54) is 24.3 Å². The van der Waals surface area contributed by atoms with E-state index in [0.717, 1.165) is 16.7 Å². The van der Waals surface area contributed by atoms with Crippen LogP contribution >= 0.6 is 11.6 Å². The highest BCUT2D eigenvalue weighted by Crippen LogP contribution is 2.33. The van der Waals surface area contributed by atoms with Gasteiger partial charge in [-0.25, -0.2) is 0 Å². The van der Waals surface area contributed by atoms with Crippen LogP contribution in [0, 0.1) is 0 Å². The normalized spacial score (nSPS) is 14.5. The molecule has 0 aliphatic carbocycles. The molecule has 0 heterocycles. The summed E-state index contributed by atoms with van der Waals surface area (Å²) in [6.07, 6.45) is -4.68. The first-order valence-electron chi connectivity index (χ1n) is 9.70. The number of nitrogens with two attached hydrogens (primary N) is 1. The van der Waals surface area contributed by atoms with E-state index in [2.05, 4.69) is 0 Å². The molecule has 1 amide bonds. The first-order chi connectivity index (χ1) is 14.7. The first kappa shape index (κ1) is 22.8. The molecule has 1 unspecified atom stereocenters. The lowest BCUT2D eigenvalue weighted by Crippen LogP contribution is -2.48. The van der Waals surface area contributed by atoms with Gasteiger partial charge < -0.3 is 11.1 Å². The Bertz CT molecular complexity index is 1010. The smallest absolute Gasteiger partial charge is 0.339 e. The third kappa shape index (κ3) is 5.66. The second-order valence-electron chi connectivity index (χ2n) is 7.34. The van der Waals surface area contributed by atoms with Crippen molar-refractivity contribution in [3.8, 4) is 11.1 Å². The van der Waals surface area contributed by atoms with E-state index in [-0.39, 0.29) is 5.56 Å². The first-order valence-corrected chi connectivity index (χ1v) is 10.1. The van der Waals surface area contributed by atoms with Gasteiger partial charge in [0.1, 0.15) is 0 Å². The Hall–Kier alpha value is -2.83. The molecule has 31 heavy (non-hydrogen) atoms. The van der Waals surface area contributed by atoms with E-state index >= 15 is 0 Å². The third-order valence-electron chi connectivity index (χ3n) is 5.20. The van der Waals surface area contributed by atoms with E-state index in [9.17, 15) is 18.0 Å². The summed E-state index contributed by atoms with van der Waals surface area (Å²) >= 11 is 5.76. The highest BCUT2D eigenvalue weighted by Gasteiger charge is 2.42. The predicted molar refractivity (Wildman–Crippen MR) is 117 cm³/mol. The van der Waals surface area contributed by atoms with Gasteiger partial charge in [-0.05, 0) is 34.4 Å². The Labute approximate surface area is 184 Å². The van der Waals surface area contributed by atoms with Gasteiger partial charge >= 0.3 is 6.18 Å². The van der Waals surface area contributed by atoms with Crippen molar-refractivity contribution in [3.05, 3.63) is 95.0 Å². The summed E-state index contributed by atoms with van der Waals surface area (Å²) in [7, 11) is 0. The summed E-state index contributed by atoms with van der Waals surface area (Å²) in [5, 5.41) is 2.35. The number of hydrogen-bond donors (Lipinski definition) is 2. The van der Waals surface area contributed by atoms with Crippen molar-refractivity contribution in [2.24, 2.45) is 5.73 Å². The van der Waals surface area contributed by atoms with Crippen LogP contribution in [0.4, 0.5) is 13.2 Å². The van der Waals surface area contributed by atoms with Gasteiger partial charge in [0.25, 0.3) is 0 Å². The Balaban J connectivity index is 1.74. The molecule has 3 aromatic rings. The van der Waals surface area contributed by atoms with Gasteiger partial charge in [0.05, 0.1) is 6.04 Å². The summed E-state index contributed by atoms with van der Waals surface area (Å²) in [5.41, 5.74) is 8.72. The van der Waals surface area contributed by atoms with Crippen LogP contribution < -0.4 is 11.1 Å². The van der Waals surface area contributed by atoms with Gasteiger partial charge in [0.15, 0.2) is 6.04 Å². The lowest BCUT2D eigenvalue weighted by molar-refractivity contribution is -0.164. The van der Waals surface area contributed by atoms with Gasteiger partial charge in [-0.3, -0.25) is 4.79 Å². The molecule has 0 saturated heterocycles. The lowest BCUT2D eigenvalue weighted by atomic mass is 9.91. The monoisotopic (exact) mass is 446 g/mol. The van der Waals surface area contributed by atoms with Crippen LogP contribution in [0.1, 0.15) is 30.0 Å². The highest BCUT2D eigenvalue weighted by molar-refractivity contribution is 6.30. The maximum absolute atomic E-state index is 13.6. The van der Waals surface area contributed by atoms with Crippen molar-refractivity contribution in [2.45, 2.75) is 31.1 Å². The second kappa shape index (κ2) is 9.54. The highest BCUT2D eigenvalue weighted by atomic mass is 35.5. The molecular formula is C24H22ClF3N2O. The molecule has 3 atom stereocenters. The average molecular weight is 447 g/mol. The molecule has 0 radical (unpaired) electrons. The zero-order chi connectivity index (χ0) is 22.6. The number of benzene rings is 3. The standard InChI is InChI=1S/C24H22ClF3N2O/c1-15(16-7-9-18(10-8-16)17-5-3-2-4-6-17)21(29)23(31)30-22(24(26,27)28)19-11-13-20(25)14-12-19/h2-15,21-22H,29H2,1H3,(H,30,31)/t15-,21-,22?/m0/s1. The number of rotatable bonds is 6. The molecule has 0 bridgehead atoms. The summed E-state index contributed by atoms with van der Waals surface area (Å²) in [5.74, 6) is -1.36. The average Bonchev–Trinajstić information content (AvgIpc) is 2.77. The molecule has 0 fully saturated rings. The van der Waals surface area contributed by atoms with Gasteiger partial charge in [-0.1, -0.05) is 85.3 Å². The number of nitrogens with one attached hydrogen (secondary N) is 1. The van der Waals surface area contributed by atoms with Gasteiger partial charge in [-0.15, -0.1) is 0 Å². The molecule has 3 aromatic carbocycles. The SMILES string of the molecule is C[C@@H](c1ccc(-c2ccccc2)cc1)[C@H](N)C(=O)NC(c1ccc(Cl)cc1)C(F)(F)F. The predicted octanol–water partition coefficient (Wildman–Crippen LogP) is 5.86. The van der Waals surface area contributed by atoms with Crippen molar-refractivity contribution < 1.29 is 18.0 Å². The minimum atomic E-state index is -4.68. The fraction of sp³-hybridized carbons (Fsp3) is 0.208. The number of halogens is 4. The fourth-order valence-corrected chi connectivity index (χ4v) is 3.42. The van der Waals surface area contributed by atoms with E-state index in [1.807, 2.05) is 59.9 Å². The molecular weight excluding hydrogens is 425 g/mol. The maximum Gasteiger partial charge on any atom is 0.412 e. The van der Waals surface area contributed by atoms with Crippen LogP contribution in [0.5, 0.6) is 0 Å². The summed E-state index contributed by atoms with van der Waals surface area (Å²) < 4.78 is 40.7. The molecule has 0 saturated carbocycles. The molecule has 0 spiro atoms. The number of alkyl halides is 3. The minimum absolute atomic E-state index is 0.114. The lowest BCUT2D eigenvalue weighted by Gasteiger charge is -2.26. The van der Waals surface area contributed by atoms with Crippen molar-refractivity contribution >= 4 is 17.5 Å².